The standard InChI is InChI=1S/C10H20IN/c1-8(2)10(7-11)12-9-5-3-4-6-9/h8-10,12H,3-7H2,1-2H3. The molecule has 1 aliphatic rings. The molecule has 0 amide bonds. The van der Waals surface area contributed by atoms with Crippen LogP contribution in [0.2, 0.25) is 0 Å². The lowest BCUT2D eigenvalue weighted by atomic mass is 10.1. The van der Waals surface area contributed by atoms with Gasteiger partial charge in [0.2, 0.25) is 0 Å². The first-order chi connectivity index (χ1) is 5.74. The third-order valence-corrected chi connectivity index (χ3v) is 3.72. The van der Waals surface area contributed by atoms with E-state index in [2.05, 4.69) is 41.8 Å². The van der Waals surface area contributed by atoms with Crippen molar-refractivity contribution in [1.82, 2.24) is 5.32 Å². The van der Waals surface area contributed by atoms with E-state index < -0.39 is 0 Å². The predicted octanol–water partition coefficient (Wildman–Crippen LogP) is 2.98. The van der Waals surface area contributed by atoms with Crippen molar-refractivity contribution in [3.05, 3.63) is 0 Å². The quantitative estimate of drug-likeness (QED) is 0.617. The number of rotatable bonds is 4. The number of hydrogen-bond donors (Lipinski definition) is 1. The second-order valence-corrected chi connectivity index (χ2v) is 5.03. The van der Waals surface area contributed by atoms with E-state index in [1.54, 1.807) is 0 Å². The summed E-state index contributed by atoms with van der Waals surface area (Å²) in [6.45, 7) is 4.62. The van der Waals surface area contributed by atoms with E-state index in [0.717, 1.165) is 18.0 Å². The number of nitrogens with one attached hydrogen (secondary N) is 1. The van der Waals surface area contributed by atoms with Gasteiger partial charge in [-0.25, -0.2) is 0 Å². The summed E-state index contributed by atoms with van der Waals surface area (Å²) in [7, 11) is 0. The van der Waals surface area contributed by atoms with Crippen molar-refractivity contribution < 1.29 is 0 Å². The van der Waals surface area contributed by atoms with Crippen LogP contribution in [0.25, 0.3) is 0 Å². The molecule has 1 rings (SSSR count). The van der Waals surface area contributed by atoms with Crippen molar-refractivity contribution >= 4 is 22.6 Å². The van der Waals surface area contributed by atoms with Gasteiger partial charge in [-0.15, -0.1) is 0 Å². The Morgan fingerprint density at radius 2 is 1.92 bits per heavy atom. The van der Waals surface area contributed by atoms with E-state index in [9.17, 15) is 0 Å². The van der Waals surface area contributed by atoms with Crippen molar-refractivity contribution in [1.29, 1.82) is 0 Å². The Morgan fingerprint density at radius 3 is 2.33 bits per heavy atom. The van der Waals surface area contributed by atoms with Gasteiger partial charge in [-0.3, -0.25) is 0 Å². The summed E-state index contributed by atoms with van der Waals surface area (Å²) in [5, 5.41) is 3.76. The fraction of sp³-hybridized carbons (Fsp3) is 1.00. The molecule has 0 aliphatic heterocycles. The molecule has 72 valence electrons. The fourth-order valence-corrected chi connectivity index (χ4v) is 3.08. The molecule has 0 saturated heterocycles. The maximum Gasteiger partial charge on any atom is 0.0182 e. The highest BCUT2D eigenvalue weighted by Crippen LogP contribution is 2.19. The van der Waals surface area contributed by atoms with Gasteiger partial charge in [-0.2, -0.15) is 0 Å². The molecule has 1 nitrogen and oxygen atoms in total. The summed E-state index contributed by atoms with van der Waals surface area (Å²) in [5.41, 5.74) is 0. The zero-order chi connectivity index (χ0) is 8.97. The van der Waals surface area contributed by atoms with Crippen molar-refractivity contribution in [2.24, 2.45) is 5.92 Å². The molecule has 1 N–H and O–H groups in total. The van der Waals surface area contributed by atoms with Crippen LogP contribution in [0.3, 0.4) is 0 Å². The zero-order valence-electron chi connectivity index (χ0n) is 8.15. The maximum atomic E-state index is 3.76. The van der Waals surface area contributed by atoms with Crippen molar-refractivity contribution in [3.63, 3.8) is 0 Å². The van der Waals surface area contributed by atoms with Crippen molar-refractivity contribution in [3.8, 4) is 0 Å². The average Bonchev–Trinajstić information content (AvgIpc) is 2.51. The van der Waals surface area contributed by atoms with Gasteiger partial charge in [0, 0.05) is 16.5 Å². The highest BCUT2D eigenvalue weighted by atomic mass is 127. The molecule has 1 unspecified atom stereocenters. The van der Waals surface area contributed by atoms with Crippen LogP contribution in [0.5, 0.6) is 0 Å². The second kappa shape index (κ2) is 5.43. The molecule has 0 bridgehead atoms. The summed E-state index contributed by atoms with van der Waals surface area (Å²) in [6.07, 6.45) is 5.67. The normalized spacial score (nSPS) is 22.0. The molecule has 1 atom stereocenters. The van der Waals surface area contributed by atoms with Crippen molar-refractivity contribution in [2.45, 2.75) is 51.6 Å². The van der Waals surface area contributed by atoms with Crippen LogP contribution in [-0.4, -0.2) is 16.5 Å². The molecule has 0 aromatic rings. The Kier molecular flexibility index (Phi) is 4.87. The van der Waals surface area contributed by atoms with Crippen LogP contribution in [0, 0.1) is 5.92 Å². The van der Waals surface area contributed by atoms with E-state index in [1.165, 1.54) is 30.1 Å². The summed E-state index contributed by atoms with van der Waals surface area (Å²) in [6, 6.07) is 1.56. The Morgan fingerprint density at radius 1 is 1.33 bits per heavy atom. The second-order valence-electron chi connectivity index (χ2n) is 4.15. The van der Waals surface area contributed by atoms with Gasteiger partial charge >= 0.3 is 0 Å². The number of hydrogen-bond acceptors (Lipinski definition) is 1. The maximum absolute atomic E-state index is 3.76. The van der Waals surface area contributed by atoms with Crippen LogP contribution in [0.1, 0.15) is 39.5 Å². The summed E-state index contributed by atoms with van der Waals surface area (Å²) < 4.78 is 1.24. The largest absolute Gasteiger partial charge is 0.310 e. The van der Waals surface area contributed by atoms with Gasteiger partial charge in [0.25, 0.3) is 0 Å². The fourth-order valence-electron chi connectivity index (χ4n) is 1.81. The first-order valence-corrected chi connectivity index (χ1v) is 6.58. The lowest BCUT2D eigenvalue weighted by molar-refractivity contribution is 0.382. The van der Waals surface area contributed by atoms with E-state index in [-0.39, 0.29) is 0 Å². The first kappa shape index (κ1) is 10.8. The van der Waals surface area contributed by atoms with E-state index in [1.807, 2.05) is 0 Å². The molecule has 1 saturated carbocycles. The van der Waals surface area contributed by atoms with Crippen LogP contribution < -0.4 is 5.32 Å². The Balaban J connectivity index is 2.26. The zero-order valence-corrected chi connectivity index (χ0v) is 10.3. The Labute approximate surface area is 89.8 Å². The van der Waals surface area contributed by atoms with Gasteiger partial charge in [0.05, 0.1) is 0 Å². The minimum atomic E-state index is 0.730. The van der Waals surface area contributed by atoms with E-state index >= 15 is 0 Å². The van der Waals surface area contributed by atoms with Gasteiger partial charge in [0.15, 0.2) is 0 Å². The topological polar surface area (TPSA) is 12.0 Å². The Hall–Kier alpha value is 0.690. The number of alkyl halides is 1. The predicted molar refractivity (Wildman–Crippen MR) is 62.9 cm³/mol. The monoisotopic (exact) mass is 281 g/mol. The van der Waals surface area contributed by atoms with Crippen LogP contribution >= 0.6 is 22.6 Å². The molecule has 0 aromatic carbocycles. The van der Waals surface area contributed by atoms with Gasteiger partial charge in [-0.1, -0.05) is 49.3 Å². The van der Waals surface area contributed by atoms with Crippen LogP contribution in [-0.2, 0) is 0 Å². The smallest absolute Gasteiger partial charge is 0.0182 e. The minimum absolute atomic E-state index is 0.730. The molecule has 1 aliphatic carbocycles. The molecule has 0 heterocycles. The molecule has 0 aromatic heterocycles. The van der Waals surface area contributed by atoms with Gasteiger partial charge in [-0.05, 0) is 18.8 Å². The first-order valence-electron chi connectivity index (χ1n) is 5.06. The van der Waals surface area contributed by atoms with Crippen LogP contribution in [0.15, 0.2) is 0 Å². The molecular formula is C10H20IN. The van der Waals surface area contributed by atoms with Crippen LogP contribution in [0.4, 0.5) is 0 Å². The Bertz CT molecular complexity index is 119. The minimum Gasteiger partial charge on any atom is -0.310 e. The summed E-state index contributed by atoms with van der Waals surface area (Å²) in [5.74, 6) is 0.780. The van der Waals surface area contributed by atoms with Gasteiger partial charge < -0.3 is 5.32 Å². The molecule has 0 radical (unpaired) electrons. The lowest BCUT2D eigenvalue weighted by Gasteiger charge is -2.24. The highest BCUT2D eigenvalue weighted by molar-refractivity contribution is 14.1. The van der Waals surface area contributed by atoms with Crippen molar-refractivity contribution in [2.75, 3.05) is 4.43 Å². The molecule has 12 heavy (non-hydrogen) atoms. The molecule has 2 heteroatoms. The summed E-state index contributed by atoms with van der Waals surface area (Å²) >= 11 is 2.49. The molecular weight excluding hydrogens is 261 g/mol. The lowest BCUT2D eigenvalue weighted by Crippen LogP contribution is -2.41. The SMILES string of the molecule is CC(C)C(CI)NC1CCCC1. The van der Waals surface area contributed by atoms with Gasteiger partial charge in [0.1, 0.15) is 0 Å². The molecule has 0 spiro atoms. The average molecular weight is 281 g/mol. The van der Waals surface area contributed by atoms with E-state index in [0.29, 0.717) is 0 Å². The highest BCUT2D eigenvalue weighted by Gasteiger charge is 2.19. The third kappa shape index (κ3) is 3.21. The summed E-state index contributed by atoms with van der Waals surface area (Å²) in [4.78, 5) is 0. The van der Waals surface area contributed by atoms with E-state index in [4.69, 9.17) is 0 Å². The molecule has 1 fully saturated rings. The third-order valence-electron chi connectivity index (χ3n) is 2.78. The number of halogens is 1.